The average Bonchev–Trinajstić information content (AvgIpc) is 3.23. The normalized spacial score (nSPS) is 11.9. The molecule has 0 radical (unpaired) electrons. The lowest BCUT2D eigenvalue weighted by Crippen LogP contribution is -2.17. The molecule has 150 valence electrons. The molecule has 12 heteroatoms. The standard InChI is InChI=1S/C16H18F3N7OS/c1-4-5-6-12-23-24-15(28-12)21-11(27)7-10-8(2)20-14-22-13(16(17,18)19)25-26(14)9(10)3/h4-7H2,1-3H3,(H,21,24,27). The highest BCUT2D eigenvalue weighted by molar-refractivity contribution is 7.15. The SMILES string of the molecule is CCCCc1nnc(NC(=O)Cc2c(C)nc3nc(C(F)(F)F)nn3c2C)s1. The van der Waals surface area contributed by atoms with E-state index in [1.54, 1.807) is 13.8 Å². The molecule has 0 spiro atoms. The van der Waals surface area contributed by atoms with Crippen molar-refractivity contribution in [3.05, 3.63) is 27.8 Å². The number of fused-ring (bicyclic) bond motifs is 1. The van der Waals surface area contributed by atoms with E-state index in [2.05, 4.69) is 37.5 Å². The van der Waals surface area contributed by atoms with Crippen LogP contribution in [0, 0.1) is 13.8 Å². The Bertz CT molecular complexity index is 1010. The smallest absolute Gasteiger partial charge is 0.300 e. The number of carbonyl (C=O) groups is 1. The van der Waals surface area contributed by atoms with Gasteiger partial charge in [0.15, 0.2) is 0 Å². The van der Waals surface area contributed by atoms with E-state index < -0.39 is 12.0 Å². The number of rotatable bonds is 6. The molecular formula is C16H18F3N7OS. The van der Waals surface area contributed by atoms with Gasteiger partial charge in [-0.2, -0.15) is 18.2 Å². The van der Waals surface area contributed by atoms with Gasteiger partial charge in [0.25, 0.3) is 11.6 Å². The number of aryl methyl sites for hydroxylation is 3. The molecule has 3 heterocycles. The van der Waals surface area contributed by atoms with Crippen LogP contribution in [-0.2, 0) is 23.8 Å². The Morgan fingerprint density at radius 3 is 2.64 bits per heavy atom. The molecule has 0 aromatic carbocycles. The van der Waals surface area contributed by atoms with Crippen LogP contribution in [0.2, 0.25) is 0 Å². The maximum Gasteiger partial charge on any atom is 0.453 e. The Morgan fingerprint density at radius 1 is 1.21 bits per heavy atom. The maximum atomic E-state index is 12.8. The second-order valence-electron chi connectivity index (χ2n) is 6.24. The van der Waals surface area contributed by atoms with Crippen LogP contribution < -0.4 is 5.32 Å². The van der Waals surface area contributed by atoms with Gasteiger partial charge in [0.05, 0.1) is 6.42 Å². The molecule has 0 bridgehead atoms. The first-order chi connectivity index (χ1) is 13.2. The second kappa shape index (κ2) is 7.78. The highest BCUT2D eigenvalue weighted by Gasteiger charge is 2.37. The zero-order chi connectivity index (χ0) is 20.5. The van der Waals surface area contributed by atoms with E-state index >= 15 is 0 Å². The Balaban J connectivity index is 1.79. The first kappa shape index (κ1) is 20.1. The molecule has 0 saturated carbocycles. The zero-order valence-corrected chi connectivity index (χ0v) is 16.3. The molecule has 1 amide bonds. The summed E-state index contributed by atoms with van der Waals surface area (Å²) in [6, 6.07) is 0. The molecular weight excluding hydrogens is 395 g/mol. The highest BCUT2D eigenvalue weighted by atomic mass is 32.1. The van der Waals surface area contributed by atoms with Crippen LogP contribution in [0.5, 0.6) is 0 Å². The minimum absolute atomic E-state index is 0.0777. The summed E-state index contributed by atoms with van der Waals surface area (Å²) in [5.74, 6) is -1.78. The Labute approximate surface area is 162 Å². The lowest BCUT2D eigenvalue weighted by molar-refractivity contribution is -0.144. The van der Waals surface area contributed by atoms with Crippen molar-refractivity contribution in [1.29, 1.82) is 0 Å². The van der Waals surface area contributed by atoms with E-state index in [-0.39, 0.29) is 18.1 Å². The predicted molar refractivity (Wildman–Crippen MR) is 96.1 cm³/mol. The fourth-order valence-corrected chi connectivity index (χ4v) is 3.44. The van der Waals surface area contributed by atoms with Crippen LogP contribution >= 0.6 is 11.3 Å². The maximum absolute atomic E-state index is 12.8. The number of anilines is 1. The van der Waals surface area contributed by atoms with Crippen molar-refractivity contribution in [1.82, 2.24) is 29.8 Å². The van der Waals surface area contributed by atoms with E-state index in [1.165, 1.54) is 11.3 Å². The number of aromatic nitrogens is 6. The van der Waals surface area contributed by atoms with Crippen LogP contribution in [-0.4, -0.2) is 35.7 Å². The number of nitrogens with one attached hydrogen (secondary N) is 1. The number of carbonyl (C=O) groups excluding carboxylic acids is 1. The van der Waals surface area contributed by atoms with Crippen LogP contribution in [0.25, 0.3) is 5.78 Å². The molecule has 3 aromatic heterocycles. The monoisotopic (exact) mass is 413 g/mol. The second-order valence-corrected chi connectivity index (χ2v) is 7.30. The third kappa shape index (κ3) is 4.26. The van der Waals surface area contributed by atoms with E-state index in [0.29, 0.717) is 22.1 Å². The van der Waals surface area contributed by atoms with E-state index in [9.17, 15) is 18.0 Å². The number of hydrogen-bond donors (Lipinski definition) is 1. The molecule has 0 saturated heterocycles. The van der Waals surface area contributed by atoms with Gasteiger partial charge in [-0.25, -0.2) is 9.50 Å². The number of unbranched alkanes of at least 4 members (excludes halogenated alkanes) is 1. The largest absolute Gasteiger partial charge is 0.453 e. The average molecular weight is 413 g/mol. The number of alkyl halides is 3. The molecule has 0 aliphatic heterocycles. The molecule has 28 heavy (non-hydrogen) atoms. The summed E-state index contributed by atoms with van der Waals surface area (Å²) in [5, 5.41) is 15.4. The molecule has 0 unspecified atom stereocenters. The predicted octanol–water partition coefficient (Wildman–Crippen LogP) is 3.14. The van der Waals surface area contributed by atoms with E-state index in [1.807, 2.05) is 0 Å². The molecule has 0 atom stereocenters. The topological polar surface area (TPSA) is 98.0 Å². The fourth-order valence-electron chi connectivity index (χ4n) is 2.64. The molecule has 3 rings (SSSR count). The zero-order valence-electron chi connectivity index (χ0n) is 15.5. The number of nitrogens with zero attached hydrogens (tertiary/aromatic N) is 6. The van der Waals surface area contributed by atoms with Crippen LogP contribution in [0.4, 0.5) is 18.3 Å². The van der Waals surface area contributed by atoms with Gasteiger partial charge >= 0.3 is 6.18 Å². The van der Waals surface area contributed by atoms with Gasteiger partial charge in [-0.3, -0.25) is 4.79 Å². The van der Waals surface area contributed by atoms with Crippen molar-refractivity contribution in [3.63, 3.8) is 0 Å². The first-order valence-electron chi connectivity index (χ1n) is 8.61. The summed E-state index contributed by atoms with van der Waals surface area (Å²) in [5.41, 5.74) is 1.28. The van der Waals surface area contributed by atoms with Crippen molar-refractivity contribution in [3.8, 4) is 0 Å². The van der Waals surface area contributed by atoms with Crippen molar-refractivity contribution in [2.24, 2.45) is 0 Å². The molecule has 0 aliphatic carbocycles. The lowest BCUT2D eigenvalue weighted by atomic mass is 10.1. The number of amides is 1. The molecule has 0 fully saturated rings. The number of halogens is 3. The summed E-state index contributed by atoms with van der Waals surface area (Å²) in [6.07, 6.45) is -1.92. The Morgan fingerprint density at radius 2 is 1.96 bits per heavy atom. The summed E-state index contributed by atoms with van der Waals surface area (Å²) in [6.45, 7) is 5.27. The number of hydrogen-bond acceptors (Lipinski definition) is 7. The van der Waals surface area contributed by atoms with Gasteiger partial charge in [0.2, 0.25) is 11.0 Å². The van der Waals surface area contributed by atoms with E-state index in [0.717, 1.165) is 28.8 Å². The van der Waals surface area contributed by atoms with Gasteiger partial charge in [0.1, 0.15) is 5.01 Å². The third-order valence-corrected chi connectivity index (χ3v) is 5.00. The third-order valence-electron chi connectivity index (χ3n) is 4.10. The van der Waals surface area contributed by atoms with Gasteiger partial charge < -0.3 is 5.32 Å². The van der Waals surface area contributed by atoms with Crippen LogP contribution in [0.15, 0.2) is 0 Å². The first-order valence-corrected chi connectivity index (χ1v) is 9.43. The molecule has 3 aromatic rings. The van der Waals surface area contributed by atoms with Gasteiger partial charge in [-0.05, 0) is 20.3 Å². The highest BCUT2D eigenvalue weighted by Crippen LogP contribution is 2.27. The quantitative estimate of drug-likeness (QED) is 0.667. The summed E-state index contributed by atoms with van der Waals surface area (Å²) >= 11 is 1.31. The van der Waals surface area contributed by atoms with Crippen molar-refractivity contribution >= 4 is 28.2 Å². The summed E-state index contributed by atoms with van der Waals surface area (Å²) in [4.78, 5) is 19.9. The summed E-state index contributed by atoms with van der Waals surface area (Å²) < 4.78 is 39.6. The minimum Gasteiger partial charge on any atom is -0.300 e. The molecule has 1 N–H and O–H groups in total. The Kier molecular flexibility index (Phi) is 5.59. The van der Waals surface area contributed by atoms with Crippen molar-refractivity contribution in [2.75, 3.05) is 5.32 Å². The lowest BCUT2D eigenvalue weighted by Gasteiger charge is -2.09. The molecule has 0 aliphatic rings. The van der Waals surface area contributed by atoms with Crippen molar-refractivity contribution < 1.29 is 18.0 Å². The summed E-state index contributed by atoms with van der Waals surface area (Å²) in [7, 11) is 0. The fraction of sp³-hybridized carbons (Fsp3) is 0.500. The molecule has 8 nitrogen and oxygen atoms in total. The van der Waals surface area contributed by atoms with Gasteiger partial charge in [-0.15, -0.1) is 15.3 Å². The van der Waals surface area contributed by atoms with Gasteiger partial charge in [-0.1, -0.05) is 24.7 Å². The van der Waals surface area contributed by atoms with E-state index in [4.69, 9.17) is 0 Å². The Hall–Kier alpha value is -2.63. The van der Waals surface area contributed by atoms with Crippen LogP contribution in [0.3, 0.4) is 0 Å². The minimum atomic E-state index is -4.67. The van der Waals surface area contributed by atoms with Crippen LogP contribution in [0.1, 0.15) is 47.5 Å². The van der Waals surface area contributed by atoms with Crippen molar-refractivity contribution in [2.45, 2.75) is 52.6 Å². The van der Waals surface area contributed by atoms with Gasteiger partial charge in [0, 0.05) is 23.4 Å².